The molecule has 0 aliphatic heterocycles. The van der Waals surface area contributed by atoms with Crippen LogP contribution in [0.25, 0.3) is 0 Å². The van der Waals surface area contributed by atoms with Crippen LogP contribution in [-0.2, 0) is 10.2 Å². The molecule has 1 heterocycles. The molecule has 158 valence electrons. The summed E-state index contributed by atoms with van der Waals surface area (Å²) in [5, 5.41) is 9.40. The third-order valence-corrected chi connectivity index (χ3v) is 5.70. The highest BCUT2D eigenvalue weighted by molar-refractivity contribution is 6.30. The van der Waals surface area contributed by atoms with Gasteiger partial charge in [-0.2, -0.15) is 0 Å². The third kappa shape index (κ3) is 4.36. The van der Waals surface area contributed by atoms with Crippen molar-refractivity contribution in [3.05, 3.63) is 76.7 Å². The monoisotopic (exact) mass is 435 g/mol. The zero-order valence-corrected chi connectivity index (χ0v) is 18.0. The molecule has 1 aromatic heterocycles. The molecule has 2 aromatic carbocycles. The Balaban J connectivity index is 1.52. The van der Waals surface area contributed by atoms with E-state index in [2.05, 4.69) is 25.9 Å². The minimum atomic E-state index is -0.664. The fourth-order valence-corrected chi connectivity index (χ4v) is 3.48. The van der Waals surface area contributed by atoms with Crippen LogP contribution in [0.4, 0.5) is 17.2 Å². The Bertz CT molecular complexity index is 1140. The molecule has 7 nitrogen and oxygen atoms in total. The summed E-state index contributed by atoms with van der Waals surface area (Å²) in [7, 11) is 1.77. The first-order valence-corrected chi connectivity index (χ1v) is 10.3. The van der Waals surface area contributed by atoms with Gasteiger partial charge in [-0.05, 0) is 61.7 Å². The molecule has 3 aromatic rings. The lowest BCUT2D eigenvalue weighted by Gasteiger charge is -2.17. The van der Waals surface area contributed by atoms with Gasteiger partial charge in [-0.15, -0.1) is 0 Å². The number of nitrogens with one attached hydrogen (secondary N) is 3. The smallest absolute Gasteiger partial charge is 0.255 e. The number of aromatic nitrogens is 2. The Morgan fingerprint density at radius 2 is 1.74 bits per heavy atom. The summed E-state index contributed by atoms with van der Waals surface area (Å²) in [5.74, 6) is 0.265. The Morgan fingerprint density at radius 3 is 2.42 bits per heavy atom. The van der Waals surface area contributed by atoms with E-state index in [-0.39, 0.29) is 11.8 Å². The lowest BCUT2D eigenvalue weighted by molar-refractivity contribution is -0.118. The Kier molecular flexibility index (Phi) is 5.61. The molecule has 0 radical (unpaired) electrons. The highest BCUT2D eigenvalue weighted by atomic mass is 35.5. The number of anilines is 3. The van der Waals surface area contributed by atoms with E-state index in [0.29, 0.717) is 33.5 Å². The van der Waals surface area contributed by atoms with Crippen molar-refractivity contribution in [2.24, 2.45) is 0 Å². The lowest BCUT2D eigenvalue weighted by atomic mass is 10.00. The SMILES string of the molecule is CNc1cc(C2(C(=O)Nc3cc(C(=O)Nc4ccc(Cl)cc4)ccc3C)CC2)ncn1. The molecule has 3 N–H and O–H groups in total. The van der Waals surface area contributed by atoms with Gasteiger partial charge in [0.25, 0.3) is 5.91 Å². The van der Waals surface area contributed by atoms with E-state index in [4.69, 9.17) is 11.6 Å². The van der Waals surface area contributed by atoms with Crippen molar-refractivity contribution in [3.8, 4) is 0 Å². The highest BCUT2D eigenvalue weighted by Gasteiger charge is 2.53. The topological polar surface area (TPSA) is 96.0 Å². The number of nitrogens with zero attached hydrogens (tertiary/aromatic N) is 2. The van der Waals surface area contributed by atoms with Crippen LogP contribution in [0.1, 0.15) is 34.5 Å². The molecule has 1 saturated carbocycles. The molecule has 4 rings (SSSR count). The Hall–Kier alpha value is -3.45. The van der Waals surface area contributed by atoms with E-state index < -0.39 is 5.41 Å². The number of carbonyl (C=O) groups excluding carboxylic acids is 2. The molecular weight excluding hydrogens is 414 g/mol. The predicted molar refractivity (Wildman–Crippen MR) is 122 cm³/mol. The van der Waals surface area contributed by atoms with Crippen molar-refractivity contribution in [3.63, 3.8) is 0 Å². The summed E-state index contributed by atoms with van der Waals surface area (Å²) in [6.07, 6.45) is 2.89. The molecule has 0 spiro atoms. The summed E-state index contributed by atoms with van der Waals surface area (Å²) in [6.45, 7) is 1.89. The Morgan fingerprint density at radius 1 is 1.00 bits per heavy atom. The van der Waals surface area contributed by atoms with Crippen LogP contribution in [0.15, 0.2) is 54.9 Å². The molecule has 1 fully saturated rings. The van der Waals surface area contributed by atoms with Gasteiger partial charge in [0.1, 0.15) is 12.1 Å². The van der Waals surface area contributed by atoms with Gasteiger partial charge in [0, 0.05) is 35.1 Å². The maximum absolute atomic E-state index is 13.1. The molecule has 0 unspecified atom stereocenters. The first-order valence-electron chi connectivity index (χ1n) is 9.90. The summed E-state index contributed by atoms with van der Waals surface area (Å²) < 4.78 is 0. The van der Waals surface area contributed by atoms with Crippen LogP contribution in [0.3, 0.4) is 0 Å². The van der Waals surface area contributed by atoms with Crippen LogP contribution in [-0.4, -0.2) is 28.8 Å². The lowest BCUT2D eigenvalue weighted by Crippen LogP contribution is -2.29. The fraction of sp³-hybridized carbons (Fsp3) is 0.217. The molecular formula is C23H22ClN5O2. The normalized spacial score (nSPS) is 13.9. The number of hydrogen-bond donors (Lipinski definition) is 3. The second-order valence-electron chi connectivity index (χ2n) is 7.57. The third-order valence-electron chi connectivity index (χ3n) is 5.45. The maximum atomic E-state index is 13.1. The summed E-state index contributed by atoms with van der Waals surface area (Å²) in [5.41, 5.74) is 2.58. The van der Waals surface area contributed by atoms with Crippen molar-refractivity contribution in [2.75, 3.05) is 23.0 Å². The number of amides is 2. The molecule has 2 amide bonds. The average Bonchev–Trinajstić information content (AvgIpc) is 3.59. The van der Waals surface area contributed by atoms with Gasteiger partial charge in [-0.3, -0.25) is 9.59 Å². The van der Waals surface area contributed by atoms with Crippen LogP contribution in [0, 0.1) is 6.92 Å². The van der Waals surface area contributed by atoms with Crippen molar-refractivity contribution in [1.29, 1.82) is 0 Å². The van der Waals surface area contributed by atoms with E-state index in [9.17, 15) is 9.59 Å². The van der Waals surface area contributed by atoms with Crippen molar-refractivity contribution >= 4 is 40.6 Å². The highest BCUT2D eigenvalue weighted by Crippen LogP contribution is 2.48. The number of carbonyl (C=O) groups is 2. The Labute approximate surface area is 185 Å². The van der Waals surface area contributed by atoms with Gasteiger partial charge in [0.05, 0.1) is 11.1 Å². The van der Waals surface area contributed by atoms with Gasteiger partial charge in [-0.1, -0.05) is 17.7 Å². The molecule has 0 saturated heterocycles. The number of rotatable bonds is 6. The molecule has 0 bridgehead atoms. The minimum absolute atomic E-state index is 0.133. The molecule has 1 aliphatic carbocycles. The van der Waals surface area contributed by atoms with Crippen molar-refractivity contribution in [1.82, 2.24) is 9.97 Å². The molecule has 8 heteroatoms. The van der Waals surface area contributed by atoms with E-state index in [1.54, 1.807) is 49.5 Å². The largest absolute Gasteiger partial charge is 0.373 e. The standard InChI is InChI=1S/C23H22ClN5O2/c1-14-3-4-15(21(30)28-17-7-5-16(24)6-8-17)11-18(14)29-22(31)23(9-10-23)19-12-20(25-2)27-13-26-19/h3-8,11-13H,9-10H2,1-2H3,(H,28,30)(H,29,31)(H,25,26,27). The van der Waals surface area contributed by atoms with Gasteiger partial charge >= 0.3 is 0 Å². The van der Waals surface area contributed by atoms with Crippen LogP contribution in [0.2, 0.25) is 5.02 Å². The molecule has 31 heavy (non-hydrogen) atoms. The maximum Gasteiger partial charge on any atom is 0.255 e. The van der Waals surface area contributed by atoms with Crippen LogP contribution < -0.4 is 16.0 Å². The van der Waals surface area contributed by atoms with Gasteiger partial charge in [-0.25, -0.2) is 9.97 Å². The zero-order chi connectivity index (χ0) is 22.0. The second kappa shape index (κ2) is 8.35. The first kappa shape index (κ1) is 20.8. The summed E-state index contributed by atoms with van der Waals surface area (Å²) in [6, 6.07) is 13.9. The second-order valence-corrected chi connectivity index (χ2v) is 8.00. The minimum Gasteiger partial charge on any atom is -0.373 e. The molecule has 1 aliphatic rings. The van der Waals surface area contributed by atoms with E-state index in [1.165, 1.54) is 6.33 Å². The van der Waals surface area contributed by atoms with Crippen LogP contribution >= 0.6 is 11.6 Å². The molecule has 0 atom stereocenters. The summed E-state index contributed by atoms with van der Waals surface area (Å²) in [4.78, 5) is 34.3. The van der Waals surface area contributed by atoms with E-state index in [1.807, 2.05) is 13.0 Å². The summed E-state index contributed by atoms with van der Waals surface area (Å²) >= 11 is 5.89. The van der Waals surface area contributed by atoms with Crippen molar-refractivity contribution in [2.45, 2.75) is 25.2 Å². The first-order chi connectivity index (χ1) is 14.9. The predicted octanol–water partition coefficient (Wildman–Crippen LogP) is 4.40. The van der Waals surface area contributed by atoms with E-state index in [0.717, 1.165) is 18.4 Å². The zero-order valence-electron chi connectivity index (χ0n) is 17.2. The number of halogens is 1. The average molecular weight is 436 g/mol. The van der Waals surface area contributed by atoms with Gasteiger partial charge in [0.15, 0.2) is 0 Å². The number of aryl methyl sites for hydroxylation is 1. The fourth-order valence-electron chi connectivity index (χ4n) is 3.36. The van der Waals surface area contributed by atoms with Gasteiger partial charge < -0.3 is 16.0 Å². The number of benzene rings is 2. The van der Waals surface area contributed by atoms with Crippen LogP contribution in [0.5, 0.6) is 0 Å². The van der Waals surface area contributed by atoms with Crippen molar-refractivity contribution < 1.29 is 9.59 Å². The number of hydrogen-bond acceptors (Lipinski definition) is 5. The quantitative estimate of drug-likeness (QED) is 0.533. The van der Waals surface area contributed by atoms with Gasteiger partial charge in [0.2, 0.25) is 5.91 Å². The van der Waals surface area contributed by atoms with E-state index >= 15 is 0 Å².